The highest BCUT2D eigenvalue weighted by Gasteiger charge is 2.61. The van der Waals surface area contributed by atoms with Crippen molar-refractivity contribution in [2.75, 3.05) is 13.2 Å². The van der Waals surface area contributed by atoms with Crippen molar-refractivity contribution in [1.29, 1.82) is 0 Å². The summed E-state index contributed by atoms with van der Waals surface area (Å²) in [6.45, 7) is 3.17. The Balaban J connectivity index is 1.21. The highest BCUT2D eigenvalue weighted by atomic mass is 17.3. The molecule has 5 rings (SSSR count). The van der Waals surface area contributed by atoms with E-state index in [2.05, 4.69) is 19.1 Å². The van der Waals surface area contributed by atoms with Crippen molar-refractivity contribution in [2.24, 2.45) is 23.5 Å². The molecule has 4 fully saturated rings. The summed E-state index contributed by atoms with van der Waals surface area (Å²) in [6.07, 6.45) is 7.95. The van der Waals surface area contributed by atoms with E-state index in [9.17, 15) is 4.79 Å². The third kappa shape index (κ3) is 3.92. The van der Waals surface area contributed by atoms with Gasteiger partial charge in [0.05, 0.1) is 0 Å². The van der Waals surface area contributed by atoms with Crippen LogP contribution in [0.4, 0.5) is 0 Å². The zero-order valence-electron chi connectivity index (χ0n) is 18.5. The summed E-state index contributed by atoms with van der Waals surface area (Å²) in [4.78, 5) is 24.6. The first-order valence-corrected chi connectivity index (χ1v) is 12.1. The molecule has 4 aliphatic rings. The van der Waals surface area contributed by atoms with Gasteiger partial charge in [-0.15, -0.1) is 0 Å². The van der Waals surface area contributed by atoms with Gasteiger partial charge in [-0.05, 0) is 62.1 Å². The minimum atomic E-state index is -0.653. The lowest BCUT2D eigenvalue weighted by molar-refractivity contribution is -0.369. The van der Waals surface area contributed by atoms with E-state index in [1.165, 1.54) is 5.56 Å². The van der Waals surface area contributed by atoms with E-state index in [-0.39, 0.29) is 17.8 Å². The number of carbonyl (C=O) groups excluding carboxylic acids is 1. The number of Topliss-reactive ketones (excluding diaryl/α,β-unsaturated/α-hetero) is 1. The average molecular weight is 430 g/mol. The van der Waals surface area contributed by atoms with Crippen LogP contribution in [0.3, 0.4) is 0 Å². The van der Waals surface area contributed by atoms with E-state index in [0.29, 0.717) is 24.9 Å². The summed E-state index contributed by atoms with van der Waals surface area (Å²) >= 11 is 0. The number of hydrogen-bond donors (Lipinski definition) is 1. The molecule has 0 amide bonds. The number of ether oxygens (including phenoxy) is 2. The normalized spacial score (nSPS) is 39.9. The quantitative estimate of drug-likeness (QED) is 0.696. The molecule has 170 valence electrons. The van der Waals surface area contributed by atoms with Crippen LogP contribution in [-0.4, -0.2) is 30.5 Å². The fraction of sp³-hybridized carbons (Fsp3) is 0.720. The van der Waals surface area contributed by atoms with E-state index in [0.717, 1.165) is 63.5 Å². The molecule has 1 aromatic carbocycles. The molecule has 6 heteroatoms. The van der Waals surface area contributed by atoms with Crippen LogP contribution in [0.25, 0.3) is 0 Å². The maximum absolute atomic E-state index is 12.6. The van der Waals surface area contributed by atoms with Gasteiger partial charge < -0.3 is 15.2 Å². The molecule has 1 aliphatic heterocycles. The molecule has 0 aromatic heterocycles. The second kappa shape index (κ2) is 8.47. The van der Waals surface area contributed by atoms with Gasteiger partial charge in [0.25, 0.3) is 0 Å². The summed E-state index contributed by atoms with van der Waals surface area (Å²) in [5.41, 5.74) is 6.84. The van der Waals surface area contributed by atoms with Crippen LogP contribution in [0, 0.1) is 17.8 Å². The van der Waals surface area contributed by atoms with Crippen LogP contribution >= 0.6 is 0 Å². The number of carbonyl (C=O) groups is 1. The van der Waals surface area contributed by atoms with E-state index < -0.39 is 11.6 Å². The molecule has 1 heterocycles. The first-order chi connectivity index (χ1) is 15.1. The first kappa shape index (κ1) is 21.4. The molecule has 1 aromatic rings. The molecule has 2 N–H and O–H groups in total. The first-order valence-electron chi connectivity index (χ1n) is 12.1. The second-order valence-corrected chi connectivity index (χ2v) is 9.88. The van der Waals surface area contributed by atoms with Crippen LogP contribution in [-0.2, 0) is 19.3 Å². The molecule has 2 spiro atoms. The van der Waals surface area contributed by atoms with Crippen molar-refractivity contribution in [2.45, 2.75) is 82.2 Å². The number of benzene rings is 1. The third-order valence-electron chi connectivity index (χ3n) is 8.08. The van der Waals surface area contributed by atoms with Crippen molar-refractivity contribution in [3.8, 4) is 5.75 Å². The van der Waals surface area contributed by atoms with Gasteiger partial charge in [0.1, 0.15) is 18.1 Å². The maximum Gasteiger partial charge on any atom is 0.207 e. The van der Waals surface area contributed by atoms with Crippen molar-refractivity contribution in [1.82, 2.24) is 0 Å². The van der Waals surface area contributed by atoms with Crippen molar-refractivity contribution >= 4 is 5.78 Å². The SMILES string of the molecule is CCC1CC2CC(CCC23OOC2(CCC(c4ccc(OCCN)cc4)CC2)O3)C1=O. The monoisotopic (exact) mass is 429 g/mol. The average Bonchev–Trinajstić information content (AvgIpc) is 3.16. The lowest BCUT2D eigenvalue weighted by Crippen LogP contribution is -2.52. The summed E-state index contributed by atoms with van der Waals surface area (Å²) in [7, 11) is 0. The predicted molar refractivity (Wildman–Crippen MR) is 115 cm³/mol. The largest absolute Gasteiger partial charge is 0.492 e. The summed E-state index contributed by atoms with van der Waals surface area (Å²) in [5, 5.41) is 0. The molecule has 31 heavy (non-hydrogen) atoms. The molecule has 4 unspecified atom stereocenters. The fourth-order valence-corrected chi connectivity index (χ4v) is 6.24. The number of fused-ring (bicyclic) bond motifs is 3. The summed E-state index contributed by atoms with van der Waals surface area (Å²) in [6, 6.07) is 8.38. The smallest absolute Gasteiger partial charge is 0.207 e. The van der Waals surface area contributed by atoms with Gasteiger partial charge in [0, 0.05) is 43.6 Å². The molecule has 0 radical (unpaired) electrons. The number of hydrogen-bond acceptors (Lipinski definition) is 6. The number of ketones is 1. The van der Waals surface area contributed by atoms with Crippen LogP contribution in [0.2, 0.25) is 0 Å². The van der Waals surface area contributed by atoms with Crippen LogP contribution in [0.5, 0.6) is 5.75 Å². The Labute approximate surface area is 184 Å². The van der Waals surface area contributed by atoms with E-state index in [1.54, 1.807) is 0 Å². The van der Waals surface area contributed by atoms with Crippen molar-refractivity contribution in [3.63, 3.8) is 0 Å². The summed E-state index contributed by atoms with van der Waals surface area (Å²) in [5.74, 6) is 1.13. The Bertz CT molecular complexity index is 784. The number of rotatable bonds is 5. The molecule has 1 saturated heterocycles. The van der Waals surface area contributed by atoms with Crippen molar-refractivity contribution in [3.05, 3.63) is 29.8 Å². The Hall–Kier alpha value is -1.47. The molecule has 3 aliphatic carbocycles. The van der Waals surface area contributed by atoms with Gasteiger partial charge in [-0.1, -0.05) is 19.1 Å². The van der Waals surface area contributed by atoms with Crippen molar-refractivity contribution < 1.29 is 24.0 Å². The van der Waals surface area contributed by atoms with Crippen LogP contribution < -0.4 is 10.5 Å². The molecular formula is C25H35NO5. The Morgan fingerprint density at radius 2 is 1.77 bits per heavy atom. The Kier molecular flexibility index (Phi) is 5.84. The lowest BCUT2D eigenvalue weighted by Gasteiger charge is -2.46. The standard InChI is InChI=1S/C25H35NO5/c1-2-17-15-21-16-20(23(17)27)9-12-25(21)29-24(30-31-25)10-7-19(8-11-24)18-3-5-22(6-4-18)28-14-13-26/h3-6,17,19-21H,2,7-16,26H2,1H3. The zero-order chi connectivity index (χ0) is 21.5. The van der Waals surface area contributed by atoms with Gasteiger partial charge in [0.15, 0.2) is 0 Å². The highest BCUT2D eigenvalue weighted by molar-refractivity contribution is 5.84. The molecular weight excluding hydrogens is 394 g/mol. The highest BCUT2D eigenvalue weighted by Crippen LogP contribution is 2.56. The molecule has 6 nitrogen and oxygen atoms in total. The Morgan fingerprint density at radius 1 is 1.03 bits per heavy atom. The minimum Gasteiger partial charge on any atom is -0.492 e. The Morgan fingerprint density at radius 3 is 2.48 bits per heavy atom. The second-order valence-electron chi connectivity index (χ2n) is 9.88. The van der Waals surface area contributed by atoms with Gasteiger partial charge in [0.2, 0.25) is 11.6 Å². The lowest BCUT2D eigenvalue weighted by atomic mass is 9.64. The third-order valence-corrected chi connectivity index (χ3v) is 8.08. The van der Waals surface area contributed by atoms with Gasteiger partial charge in [-0.2, -0.15) is 9.78 Å². The van der Waals surface area contributed by atoms with E-state index in [4.69, 9.17) is 25.0 Å². The van der Waals surface area contributed by atoms with Gasteiger partial charge in [-0.25, -0.2) is 0 Å². The van der Waals surface area contributed by atoms with Gasteiger partial charge in [-0.3, -0.25) is 4.79 Å². The minimum absolute atomic E-state index is 0.150. The van der Waals surface area contributed by atoms with E-state index >= 15 is 0 Å². The maximum atomic E-state index is 12.6. The topological polar surface area (TPSA) is 80.0 Å². The van der Waals surface area contributed by atoms with Gasteiger partial charge >= 0.3 is 0 Å². The molecule has 4 atom stereocenters. The summed E-state index contributed by atoms with van der Waals surface area (Å²) < 4.78 is 12.3. The van der Waals surface area contributed by atoms with E-state index in [1.807, 2.05) is 12.1 Å². The number of nitrogens with two attached hydrogens (primary N) is 1. The van der Waals surface area contributed by atoms with Crippen LogP contribution in [0.1, 0.15) is 76.2 Å². The van der Waals surface area contributed by atoms with Crippen LogP contribution in [0.15, 0.2) is 24.3 Å². The zero-order valence-corrected chi connectivity index (χ0v) is 18.5. The molecule has 3 saturated carbocycles. The predicted octanol–water partition coefficient (Wildman–Crippen LogP) is 4.47. The molecule has 2 bridgehead atoms. The fourth-order valence-electron chi connectivity index (χ4n) is 6.24.